The molecule has 0 saturated carbocycles. The maximum absolute atomic E-state index is 12.8. The second-order valence-corrected chi connectivity index (χ2v) is 8.62. The first-order valence-corrected chi connectivity index (χ1v) is 11.3. The smallest absolute Gasteiger partial charge is 0.328 e. The van der Waals surface area contributed by atoms with Crippen molar-refractivity contribution in [3.8, 4) is 0 Å². The van der Waals surface area contributed by atoms with Gasteiger partial charge in [-0.2, -0.15) is 0 Å². The number of carboxylic acid groups (broad SMARTS) is 2. The molecule has 0 aliphatic rings. The van der Waals surface area contributed by atoms with E-state index in [1.54, 1.807) is 6.20 Å². The van der Waals surface area contributed by atoms with Gasteiger partial charge in [0.1, 0.15) is 12.1 Å². The number of amides is 3. The first-order chi connectivity index (χ1) is 17.3. The average Bonchev–Trinajstić information content (AvgIpc) is 3.21. The molecule has 0 aliphatic heterocycles. The molecule has 202 valence electrons. The van der Waals surface area contributed by atoms with Crippen molar-refractivity contribution in [3.63, 3.8) is 0 Å². The predicted molar refractivity (Wildman–Crippen MR) is 129 cm³/mol. The number of hydrogen-bond acceptors (Lipinski definition) is 8. The molecular weight excluding hydrogens is 490 g/mol. The molecule has 14 nitrogen and oxygen atoms in total. The Bertz CT molecular complexity index is 1150. The van der Waals surface area contributed by atoms with Crippen molar-refractivity contribution < 1.29 is 44.4 Å². The Hall–Kier alpha value is -4.01. The van der Waals surface area contributed by atoms with Crippen molar-refractivity contribution in [2.24, 2.45) is 5.73 Å². The molecule has 6 atom stereocenters. The second kappa shape index (κ2) is 12.8. The van der Waals surface area contributed by atoms with Crippen molar-refractivity contribution in [3.05, 3.63) is 36.0 Å². The number of rotatable bonds is 13. The summed E-state index contributed by atoms with van der Waals surface area (Å²) in [6.07, 6.45) is -2.13. The summed E-state index contributed by atoms with van der Waals surface area (Å²) in [5.41, 5.74) is 7.61. The number of aromatic amines is 1. The van der Waals surface area contributed by atoms with Crippen LogP contribution in [-0.4, -0.2) is 91.4 Å². The number of fused-ring (bicyclic) bond motifs is 1. The lowest BCUT2D eigenvalue weighted by molar-refractivity contribution is -0.146. The summed E-state index contributed by atoms with van der Waals surface area (Å²) in [5.74, 6) is -6.17. The zero-order valence-electron chi connectivity index (χ0n) is 20.2. The first-order valence-electron chi connectivity index (χ1n) is 11.3. The van der Waals surface area contributed by atoms with Crippen molar-refractivity contribution in [2.45, 2.75) is 63.1 Å². The SMILES string of the molecule is C[C@@H](O)[C@H](NC(=O)[C@H](CC(=O)O)NC(=O)[C@@H](NC(=O)[C@@H](N)Cc1c[nH]c2ccccc12)[C@@H](C)O)C(=O)O. The average molecular weight is 522 g/mol. The van der Waals surface area contributed by atoms with Crippen LogP contribution in [0.4, 0.5) is 0 Å². The standard InChI is InChI=1S/C23H31N5O9/c1-10(29)18(27-20(33)14(24)7-12-9-25-15-6-4-3-5-13(12)15)22(35)26-16(8-17(31)32)21(34)28-19(11(2)30)23(36)37/h3-6,9-11,14,16,18-19,25,29-30H,7-8,24H2,1-2H3,(H,26,35)(H,27,33)(H,28,34)(H,31,32)(H,36,37)/t10-,11-,14+,16+,18+,19+/m1/s1. The van der Waals surface area contributed by atoms with Crippen LogP contribution < -0.4 is 21.7 Å². The summed E-state index contributed by atoms with van der Waals surface area (Å²) in [7, 11) is 0. The fraction of sp³-hybridized carbons (Fsp3) is 0.435. The van der Waals surface area contributed by atoms with E-state index in [0.29, 0.717) is 0 Å². The van der Waals surface area contributed by atoms with E-state index in [1.807, 2.05) is 29.6 Å². The van der Waals surface area contributed by atoms with Gasteiger partial charge in [-0.1, -0.05) is 18.2 Å². The van der Waals surface area contributed by atoms with Crippen LogP contribution in [0.2, 0.25) is 0 Å². The molecule has 10 N–H and O–H groups in total. The maximum atomic E-state index is 12.8. The van der Waals surface area contributed by atoms with E-state index in [1.165, 1.54) is 6.92 Å². The number of aliphatic hydroxyl groups excluding tert-OH is 2. The molecule has 2 rings (SSSR count). The van der Waals surface area contributed by atoms with E-state index in [9.17, 15) is 34.2 Å². The lowest BCUT2D eigenvalue weighted by atomic mass is 10.0. The normalized spacial score (nSPS) is 16.0. The number of aromatic nitrogens is 1. The van der Waals surface area contributed by atoms with E-state index in [2.05, 4.69) is 15.6 Å². The van der Waals surface area contributed by atoms with Crippen LogP contribution in [0.15, 0.2) is 30.5 Å². The van der Waals surface area contributed by atoms with Crippen LogP contribution >= 0.6 is 0 Å². The van der Waals surface area contributed by atoms with Crippen molar-refractivity contribution >= 4 is 40.6 Å². The molecule has 14 heteroatoms. The lowest BCUT2D eigenvalue weighted by Gasteiger charge is -2.26. The molecule has 2 aromatic rings. The zero-order chi connectivity index (χ0) is 27.9. The Morgan fingerprint density at radius 3 is 2.05 bits per heavy atom. The van der Waals surface area contributed by atoms with Gasteiger partial charge < -0.3 is 47.1 Å². The first kappa shape index (κ1) is 29.2. The lowest BCUT2D eigenvalue weighted by Crippen LogP contribution is -2.60. The highest BCUT2D eigenvalue weighted by Crippen LogP contribution is 2.18. The number of carbonyl (C=O) groups excluding carboxylic acids is 3. The third-order valence-electron chi connectivity index (χ3n) is 5.57. The summed E-state index contributed by atoms with van der Waals surface area (Å²) in [5, 5.41) is 45.1. The number of hydrogen-bond donors (Lipinski definition) is 9. The highest BCUT2D eigenvalue weighted by molar-refractivity contribution is 5.96. The Labute approximate surface area is 211 Å². The number of nitrogens with one attached hydrogen (secondary N) is 4. The quantitative estimate of drug-likeness (QED) is 0.138. The van der Waals surface area contributed by atoms with Crippen LogP contribution in [0.3, 0.4) is 0 Å². The van der Waals surface area contributed by atoms with Gasteiger partial charge in [-0.25, -0.2) is 4.79 Å². The van der Waals surface area contributed by atoms with Crippen molar-refractivity contribution in [1.29, 1.82) is 0 Å². The van der Waals surface area contributed by atoms with E-state index in [4.69, 9.17) is 15.9 Å². The minimum absolute atomic E-state index is 0.101. The van der Waals surface area contributed by atoms with Gasteiger partial charge in [0.25, 0.3) is 0 Å². The summed E-state index contributed by atoms with van der Waals surface area (Å²) in [6, 6.07) is 1.08. The number of aliphatic hydroxyl groups is 2. The van der Waals surface area contributed by atoms with E-state index < -0.39 is 72.5 Å². The number of carboxylic acids is 2. The maximum Gasteiger partial charge on any atom is 0.328 e. The largest absolute Gasteiger partial charge is 0.481 e. The number of para-hydroxylation sites is 1. The minimum atomic E-state index is -1.77. The molecule has 0 saturated heterocycles. The molecule has 3 amide bonds. The summed E-state index contributed by atoms with van der Waals surface area (Å²) < 4.78 is 0. The van der Waals surface area contributed by atoms with E-state index >= 15 is 0 Å². The Morgan fingerprint density at radius 2 is 1.49 bits per heavy atom. The number of carbonyl (C=O) groups is 5. The Balaban J connectivity index is 2.11. The van der Waals surface area contributed by atoms with Crippen molar-refractivity contribution in [2.75, 3.05) is 0 Å². The zero-order valence-corrected chi connectivity index (χ0v) is 20.2. The van der Waals surface area contributed by atoms with Crippen LogP contribution in [-0.2, 0) is 30.4 Å². The summed E-state index contributed by atoms with van der Waals surface area (Å²) in [6.45, 7) is 2.29. The highest BCUT2D eigenvalue weighted by atomic mass is 16.4. The molecule has 37 heavy (non-hydrogen) atoms. The van der Waals surface area contributed by atoms with Gasteiger partial charge >= 0.3 is 11.9 Å². The van der Waals surface area contributed by atoms with Crippen LogP contribution in [0.5, 0.6) is 0 Å². The minimum Gasteiger partial charge on any atom is -0.481 e. The molecule has 0 unspecified atom stereocenters. The molecule has 1 heterocycles. The molecule has 0 fully saturated rings. The monoisotopic (exact) mass is 521 g/mol. The van der Waals surface area contributed by atoms with Crippen LogP contribution in [0, 0.1) is 0 Å². The topological polar surface area (TPSA) is 244 Å². The van der Waals surface area contributed by atoms with Gasteiger partial charge in [-0.3, -0.25) is 19.2 Å². The van der Waals surface area contributed by atoms with Gasteiger partial charge in [-0.05, 0) is 31.9 Å². The third kappa shape index (κ3) is 7.99. The van der Waals surface area contributed by atoms with Crippen LogP contribution in [0.1, 0.15) is 25.8 Å². The Morgan fingerprint density at radius 1 is 0.892 bits per heavy atom. The van der Waals surface area contributed by atoms with Gasteiger partial charge in [-0.15, -0.1) is 0 Å². The van der Waals surface area contributed by atoms with Gasteiger partial charge in [0.15, 0.2) is 6.04 Å². The summed E-state index contributed by atoms with van der Waals surface area (Å²) >= 11 is 0. The van der Waals surface area contributed by atoms with E-state index in [0.717, 1.165) is 23.4 Å². The molecule has 1 aromatic heterocycles. The summed E-state index contributed by atoms with van der Waals surface area (Å²) in [4.78, 5) is 63.6. The van der Waals surface area contributed by atoms with Crippen molar-refractivity contribution in [1.82, 2.24) is 20.9 Å². The van der Waals surface area contributed by atoms with Gasteiger partial charge in [0.05, 0.1) is 24.7 Å². The molecule has 1 aromatic carbocycles. The highest BCUT2D eigenvalue weighted by Gasteiger charge is 2.34. The molecule has 0 spiro atoms. The van der Waals surface area contributed by atoms with E-state index in [-0.39, 0.29) is 6.42 Å². The Kier molecular flexibility index (Phi) is 10.1. The number of H-pyrrole nitrogens is 1. The molecule has 0 aliphatic carbocycles. The van der Waals surface area contributed by atoms with Gasteiger partial charge in [0, 0.05) is 17.1 Å². The molecular formula is C23H31N5O9. The molecule has 0 radical (unpaired) electrons. The predicted octanol–water partition coefficient (Wildman–Crippen LogP) is -2.19. The fourth-order valence-corrected chi connectivity index (χ4v) is 3.58. The number of nitrogens with two attached hydrogens (primary N) is 1. The second-order valence-electron chi connectivity index (χ2n) is 8.62. The van der Waals surface area contributed by atoms with Gasteiger partial charge in [0.2, 0.25) is 17.7 Å². The number of aliphatic carboxylic acids is 2. The molecule has 0 bridgehead atoms. The number of benzene rings is 1. The van der Waals surface area contributed by atoms with Crippen LogP contribution in [0.25, 0.3) is 10.9 Å². The third-order valence-corrected chi connectivity index (χ3v) is 5.57. The fourth-order valence-electron chi connectivity index (χ4n) is 3.58.